The normalized spacial score (nSPS) is 14.6. The number of hydrogen-bond acceptors (Lipinski definition) is 4. The van der Waals surface area contributed by atoms with Crippen LogP contribution in [0.25, 0.3) is 0 Å². The van der Waals surface area contributed by atoms with Crippen LogP contribution in [0.15, 0.2) is 60.7 Å². The highest BCUT2D eigenvalue weighted by molar-refractivity contribution is 7.60. The molecule has 0 aliphatic carbocycles. The lowest BCUT2D eigenvalue weighted by Gasteiger charge is -2.27. The zero-order valence-electron chi connectivity index (χ0n) is 15.5. The van der Waals surface area contributed by atoms with Crippen LogP contribution in [0, 0.1) is 0 Å². The van der Waals surface area contributed by atoms with Crippen LogP contribution < -0.4 is 5.32 Å². The van der Waals surface area contributed by atoms with Gasteiger partial charge in [-0.15, -0.1) is 0 Å². The third kappa shape index (κ3) is 7.15. The first kappa shape index (κ1) is 22.8. The predicted molar refractivity (Wildman–Crippen MR) is 103 cm³/mol. The largest absolute Gasteiger partial charge is 0.471 e. The molecule has 2 aromatic rings. The summed E-state index contributed by atoms with van der Waals surface area (Å²) in [5, 5.41) is 1.78. The first-order chi connectivity index (χ1) is 13.7. The molecule has 0 bridgehead atoms. The highest BCUT2D eigenvalue weighted by atomic mass is 31.2. The smallest absolute Gasteiger partial charge is 0.336 e. The Morgan fingerprint density at radius 1 is 1.03 bits per heavy atom. The number of alkyl halides is 3. The van der Waals surface area contributed by atoms with Crippen molar-refractivity contribution in [3.05, 3.63) is 71.8 Å². The molecule has 29 heavy (non-hydrogen) atoms. The fourth-order valence-electron chi connectivity index (χ4n) is 2.68. The Hall–Kier alpha value is -2.44. The van der Waals surface area contributed by atoms with Crippen molar-refractivity contribution in [2.75, 3.05) is 6.16 Å². The van der Waals surface area contributed by atoms with E-state index in [4.69, 9.17) is 4.52 Å². The Morgan fingerprint density at radius 3 is 2.10 bits per heavy atom. The van der Waals surface area contributed by atoms with Gasteiger partial charge in [0.25, 0.3) is 0 Å². The Kier molecular flexibility index (Phi) is 8.17. The van der Waals surface area contributed by atoms with Crippen LogP contribution in [0.1, 0.15) is 17.5 Å². The van der Waals surface area contributed by atoms with Crippen LogP contribution in [0.2, 0.25) is 0 Å². The third-order valence-corrected chi connectivity index (χ3v) is 6.76. The number of nitrogens with one attached hydrogen (secondary N) is 1. The van der Waals surface area contributed by atoms with E-state index in [0.717, 1.165) is 5.56 Å². The molecule has 5 nitrogen and oxygen atoms in total. The maximum absolute atomic E-state index is 13.3. The highest BCUT2D eigenvalue weighted by Gasteiger charge is 2.43. The summed E-state index contributed by atoms with van der Waals surface area (Å²) in [6.07, 6.45) is -5.23. The number of amides is 1. The lowest BCUT2D eigenvalue weighted by molar-refractivity contribution is -0.173. The summed E-state index contributed by atoms with van der Waals surface area (Å²) < 4.78 is 57.2. The van der Waals surface area contributed by atoms with E-state index in [0.29, 0.717) is 11.8 Å². The molecule has 0 radical (unpaired) electrons. The Labute approximate surface area is 166 Å². The summed E-state index contributed by atoms with van der Waals surface area (Å²) in [5.74, 6) is -3.67. The molecule has 0 spiro atoms. The molecule has 0 saturated carbocycles. The minimum Gasteiger partial charge on any atom is -0.336 e. The van der Waals surface area contributed by atoms with Gasteiger partial charge in [-0.2, -0.15) is 13.2 Å². The second-order valence-corrected chi connectivity index (χ2v) is 9.04. The van der Waals surface area contributed by atoms with Gasteiger partial charge in [0.05, 0.1) is 12.8 Å². The fraction of sp³-hybridized carbons (Fsp3) is 0.300. The molecule has 2 atom stereocenters. The molecular formula is C20H21F3NO4P. The number of carbonyl (C=O) groups excluding carboxylic acids is 2. The van der Waals surface area contributed by atoms with Gasteiger partial charge in [0.2, 0.25) is 7.37 Å². The van der Waals surface area contributed by atoms with E-state index in [1.54, 1.807) is 66.0 Å². The molecule has 0 fully saturated rings. The van der Waals surface area contributed by atoms with E-state index in [2.05, 4.69) is 0 Å². The predicted octanol–water partition coefficient (Wildman–Crippen LogP) is 4.32. The van der Waals surface area contributed by atoms with Crippen molar-refractivity contribution in [2.45, 2.75) is 31.4 Å². The number of hydrogen-bond donors (Lipinski definition) is 1. The molecule has 1 amide bonds. The summed E-state index contributed by atoms with van der Waals surface area (Å²) in [6.45, 7) is -0.157. The number of aryl methyl sites for hydroxylation is 1. The molecule has 0 heterocycles. The molecule has 2 unspecified atom stereocenters. The zero-order chi connectivity index (χ0) is 21.3. The molecular weight excluding hydrogens is 406 g/mol. The van der Waals surface area contributed by atoms with E-state index in [-0.39, 0.29) is 19.4 Å². The van der Waals surface area contributed by atoms with Crippen molar-refractivity contribution >= 4 is 19.6 Å². The van der Waals surface area contributed by atoms with Crippen molar-refractivity contribution in [3.8, 4) is 0 Å². The summed E-state index contributed by atoms with van der Waals surface area (Å²) in [5.41, 5.74) is 1.43. The average Bonchev–Trinajstić information content (AvgIpc) is 2.70. The van der Waals surface area contributed by atoms with E-state index < -0.39 is 31.4 Å². The maximum Gasteiger partial charge on any atom is 0.471 e. The highest BCUT2D eigenvalue weighted by Crippen LogP contribution is 2.52. The van der Waals surface area contributed by atoms with Crippen LogP contribution in [0.5, 0.6) is 0 Å². The number of aldehydes is 1. The van der Waals surface area contributed by atoms with Crippen molar-refractivity contribution in [2.24, 2.45) is 0 Å². The number of rotatable bonds is 10. The molecule has 156 valence electrons. The number of carbonyl (C=O) groups is 2. The van der Waals surface area contributed by atoms with Crippen LogP contribution in [0.3, 0.4) is 0 Å². The minimum absolute atomic E-state index is 0.0776. The molecule has 0 aliphatic rings. The summed E-state index contributed by atoms with van der Waals surface area (Å²) in [6, 6.07) is 17.4. The van der Waals surface area contributed by atoms with Gasteiger partial charge >= 0.3 is 12.1 Å². The molecule has 0 aliphatic heterocycles. The summed E-state index contributed by atoms with van der Waals surface area (Å²) in [7, 11) is -3.96. The second-order valence-electron chi connectivity index (χ2n) is 6.35. The van der Waals surface area contributed by atoms with Gasteiger partial charge in [0, 0.05) is 0 Å². The maximum atomic E-state index is 13.3. The van der Waals surface area contributed by atoms with Crippen molar-refractivity contribution in [3.63, 3.8) is 0 Å². The van der Waals surface area contributed by atoms with Crippen LogP contribution in [-0.2, 0) is 31.7 Å². The first-order valence-electron chi connectivity index (χ1n) is 8.87. The lowest BCUT2D eigenvalue weighted by atomic mass is 10.1. The Bertz CT molecular complexity index is 844. The van der Waals surface area contributed by atoms with Gasteiger partial charge < -0.3 is 14.6 Å². The summed E-state index contributed by atoms with van der Waals surface area (Å²) in [4.78, 5) is 22.6. The molecule has 0 aromatic heterocycles. The van der Waals surface area contributed by atoms with Gasteiger partial charge in [-0.25, -0.2) is 0 Å². The van der Waals surface area contributed by atoms with E-state index in [9.17, 15) is 27.3 Å². The molecule has 9 heteroatoms. The van der Waals surface area contributed by atoms with E-state index >= 15 is 0 Å². The van der Waals surface area contributed by atoms with Crippen LogP contribution >= 0.6 is 7.37 Å². The van der Waals surface area contributed by atoms with Gasteiger partial charge in [-0.1, -0.05) is 60.7 Å². The SMILES string of the molecule is O=CCP(=O)(OCc1ccccc1)C(CCc1ccccc1)NC(=O)C(F)(F)F. The van der Waals surface area contributed by atoms with E-state index in [1.807, 2.05) is 0 Å². The molecule has 2 rings (SSSR count). The monoisotopic (exact) mass is 427 g/mol. The standard InChI is InChI=1S/C20H21F3NO4P/c21-20(22,23)19(26)24-18(12-11-16-7-3-1-4-8-16)29(27,14-13-25)28-15-17-9-5-2-6-10-17/h1-10,13,18H,11-12,14-15H2,(H,24,26). The number of halogens is 3. The Morgan fingerprint density at radius 2 is 1.59 bits per heavy atom. The summed E-state index contributed by atoms with van der Waals surface area (Å²) >= 11 is 0. The van der Waals surface area contributed by atoms with Crippen molar-refractivity contribution < 1.29 is 31.8 Å². The zero-order valence-corrected chi connectivity index (χ0v) is 16.4. The molecule has 2 aromatic carbocycles. The van der Waals surface area contributed by atoms with Gasteiger partial charge in [-0.05, 0) is 24.0 Å². The second kappa shape index (κ2) is 10.4. The van der Waals surface area contributed by atoms with Gasteiger partial charge in [0.15, 0.2) is 0 Å². The molecule has 1 N–H and O–H groups in total. The molecule has 0 saturated heterocycles. The van der Waals surface area contributed by atoms with E-state index in [1.165, 1.54) is 0 Å². The topological polar surface area (TPSA) is 72.5 Å². The minimum atomic E-state index is -5.14. The van der Waals surface area contributed by atoms with Crippen LogP contribution in [-0.4, -0.2) is 30.3 Å². The quantitative estimate of drug-likeness (QED) is 0.453. The van der Waals surface area contributed by atoms with Crippen LogP contribution in [0.4, 0.5) is 13.2 Å². The lowest BCUT2D eigenvalue weighted by Crippen LogP contribution is -2.44. The Balaban J connectivity index is 2.23. The first-order valence-corrected chi connectivity index (χ1v) is 10.7. The van der Waals surface area contributed by atoms with Gasteiger partial charge in [-0.3, -0.25) is 9.36 Å². The third-order valence-electron chi connectivity index (χ3n) is 4.20. The number of benzene rings is 2. The van der Waals surface area contributed by atoms with Crippen molar-refractivity contribution in [1.82, 2.24) is 5.32 Å². The average molecular weight is 427 g/mol. The fourth-order valence-corrected chi connectivity index (χ4v) is 4.63. The van der Waals surface area contributed by atoms with Crippen molar-refractivity contribution in [1.29, 1.82) is 0 Å². The van der Waals surface area contributed by atoms with Gasteiger partial charge in [0.1, 0.15) is 12.1 Å².